The Hall–Kier alpha value is -4.53. The standard InChI is InChI=1S/C27H26N6O3/c1-16(2)33-14-20-13-19(9-10-23(20)30-33)21-7-5-8-22-24(21)28-15-32(27(22)36)18(4)25(34)29-17(3)26(35)31-11-6-12-31/h5,7-10,13-16H,3-4,6,11-12H2,1-2H3,(H,29,34). The van der Waals surface area contributed by atoms with E-state index < -0.39 is 11.5 Å². The third-order valence-corrected chi connectivity index (χ3v) is 6.37. The molecule has 1 fully saturated rings. The van der Waals surface area contributed by atoms with Crippen molar-refractivity contribution in [3.63, 3.8) is 0 Å². The average Bonchev–Trinajstić information content (AvgIpc) is 3.26. The molecule has 0 radical (unpaired) electrons. The molecule has 4 aromatic rings. The fourth-order valence-corrected chi connectivity index (χ4v) is 4.14. The number of hydrogen-bond acceptors (Lipinski definition) is 5. The van der Waals surface area contributed by atoms with Crippen molar-refractivity contribution in [2.24, 2.45) is 0 Å². The first-order chi connectivity index (χ1) is 17.2. The predicted octanol–water partition coefficient (Wildman–Crippen LogP) is 3.33. The molecule has 0 atom stereocenters. The predicted molar refractivity (Wildman–Crippen MR) is 139 cm³/mol. The van der Waals surface area contributed by atoms with Crippen molar-refractivity contribution in [3.05, 3.63) is 78.1 Å². The first kappa shape index (κ1) is 23.2. The van der Waals surface area contributed by atoms with Crippen molar-refractivity contribution in [3.8, 4) is 11.1 Å². The maximum absolute atomic E-state index is 13.3. The molecule has 1 saturated heterocycles. The van der Waals surface area contributed by atoms with Gasteiger partial charge in [0.25, 0.3) is 17.4 Å². The van der Waals surface area contributed by atoms with Crippen molar-refractivity contribution >= 4 is 39.3 Å². The van der Waals surface area contributed by atoms with Crippen LogP contribution in [0.15, 0.2) is 72.6 Å². The molecule has 182 valence electrons. The number of nitrogens with one attached hydrogen (secondary N) is 1. The van der Waals surface area contributed by atoms with Crippen molar-refractivity contribution in [2.45, 2.75) is 26.3 Å². The van der Waals surface area contributed by atoms with Crippen molar-refractivity contribution < 1.29 is 9.59 Å². The highest BCUT2D eigenvalue weighted by molar-refractivity contribution is 6.15. The van der Waals surface area contributed by atoms with Gasteiger partial charge in [0.15, 0.2) is 0 Å². The number of likely N-dealkylation sites (tertiary alicyclic amines) is 1. The Balaban J connectivity index is 1.46. The highest BCUT2D eigenvalue weighted by Gasteiger charge is 2.24. The number of para-hydroxylation sites is 1. The summed E-state index contributed by atoms with van der Waals surface area (Å²) in [5.74, 6) is -1.03. The summed E-state index contributed by atoms with van der Waals surface area (Å²) in [6, 6.07) is 11.5. The SMILES string of the molecule is C=C(NC(=O)C(=C)n1cnc2c(-c3ccc4nn(C(C)C)cc4c3)cccc2c1=O)C(=O)N1CCC1. The molecule has 5 rings (SSSR count). The molecule has 2 aromatic heterocycles. The fraction of sp³-hybridized carbons (Fsp3) is 0.222. The van der Waals surface area contributed by atoms with Crippen molar-refractivity contribution in [1.29, 1.82) is 0 Å². The van der Waals surface area contributed by atoms with E-state index >= 15 is 0 Å². The number of benzene rings is 2. The van der Waals surface area contributed by atoms with Crippen LogP contribution in [0.25, 0.3) is 38.6 Å². The third-order valence-electron chi connectivity index (χ3n) is 6.37. The molecule has 0 saturated carbocycles. The van der Waals surface area contributed by atoms with Crippen LogP contribution in [0, 0.1) is 0 Å². The largest absolute Gasteiger partial charge is 0.337 e. The van der Waals surface area contributed by atoms with E-state index in [0.29, 0.717) is 24.0 Å². The molecule has 0 aliphatic carbocycles. The van der Waals surface area contributed by atoms with Gasteiger partial charge in [-0.3, -0.25) is 23.6 Å². The third kappa shape index (κ3) is 3.98. The number of fused-ring (bicyclic) bond motifs is 2. The molecule has 9 heteroatoms. The lowest BCUT2D eigenvalue weighted by Crippen LogP contribution is -2.45. The lowest BCUT2D eigenvalue weighted by molar-refractivity contribution is -0.131. The summed E-state index contributed by atoms with van der Waals surface area (Å²) in [5.41, 5.74) is 2.45. The normalized spacial score (nSPS) is 13.1. The first-order valence-corrected chi connectivity index (χ1v) is 11.7. The zero-order chi connectivity index (χ0) is 25.6. The van der Waals surface area contributed by atoms with Gasteiger partial charge < -0.3 is 10.2 Å². The summed E-state index contributed by atoms with van der Waals surface area (Å²) in [7, 11) is 0. The molecular formula is C27H26N6O3. The van der Waals surface area contributed by atoms with Gasteiger partial charge in [-0.1, -0.05) is 31.4 Å². The quantitative estimate of drug-likeness (QED) is 0.425. The maximum Gasteiger partial charge on any atom is 0.272 e. The molecule has 1 N–H and O–H groups in total. The summed E-state index contributed by atoms with van der Waals surface area (Å²) in [4.78, 5) is 44.3. The Labute approximate surface area is 207 Å². The van der Waals surface area contributed by atoms with Gasteiger partial charge in [0.2, 0.25) is 0 Å². The van der Waals surface area contributed by atoms with Gasteiger partial charge in [0, 0.05) is 36.3 Å². The number of hydrogen-bond donors (Lipinski definition) is 1. The molecule has 0 unspecified atom stereocenters. The van der Waals surface area contributed by atoms with Crippen LogP contribution in [0.5, 0.6) is 0 Å². The van der Waals surface area contributed by atoms with Crippen LogP contribution in [0.4, 0.5) is 0 Å². The van der Waals surface area contributed by atoms with E-state index in [1.807, 2.05) is 35.1 Å². The highest BCUT2D eigenvalue weighted by Crippen LogP contribution is 2.29. The molecule has 36 heavy (non-hydrogen) atoms. The van der Waals surface area contributed by atoms with E-state index in [0.717, 1.165) is 33.0 Å². The summed E-state index contributed by atoms with van der Waals surface area (Å²) in [6.45, 7) is 12.8. The van der Waals surface area contributed by atoms with E-state index in [2.05, 4.69) is 42.4 Å². The minimum absolute atomic E-state index is 0.0545. The molecule has 1 aliphatic rings. The van der Waals surface area contributed by atoms with Gasteiger partial charge in [-0.25, -0.2) is 4.98 Å². The number of nitrogens with zero attached hydrogens (tertiary/aromatic N) is 5. The average molecular weight is 483 g/mol. The Morgan fingerprint density at radius 2 is 1.89 bits per heavy atom. The summed E-state index contributed by atoms with van der Waals surface area (Å²) >= 11 is 0. The Kier molecular flexibility index (Phi) is 5.75. The van der Waals surface area contributed by atoms with Crippen LogP contribution in [0.1, 0.15) is 26.3 Å². The molecule has 9 nitrogen and oxygen atoms in total. The van der Waals surface area contributed by atoms with Crippen LogP contribution < -0.4 is 10.9 Å². The second-order valence-corrected chi connectivity index (χ2v) is 9.12. The topological polar surface area (TPSA) is 102 Å². The van der Waals surface area contributed by atoms with E-state index in [1.165, 1.54) is 6.33 Å². The number of carbonyl (C=O) groups excluding carboxylic acids is 2. The number of carbonyl (C=O) groups is 2. The minimum atomic E-state index is -0.694. The van der Waals surface area contributed by atoms with Crippen molar-refractivity contribution in [1.82, 2.24) is 29.5 Å². The monoisotopic (exact) mass is 482 g/mol. The molecule has 3 heterocycles. The van der Waals surface area contributed by atoms with E-state index in [1.54, 1.807) is 17.0 Å². The molecular weight excluding hydrogens is 456 g/mol. The molecule has 1 aliphatic heterocycles. The number of rotatable bonds is 6. The summed E-state index contributed by atoms with van der Waals surface area (Å²) in [6.07, 6.45) is 4.21. The smallest absolute Gasteiger partial charge is 0.272 e. The molecule has 2 amide bonds. The Morgan fingerprint density at radius 1 is 1.11 bits per heavy atom. The first-order valence-electron chi connectivity index (χ1n) is 11.7. The minimum Gasteiger partial charge on any atom is -0.337 e. The van der Waals surface area contributed by atoms with E-state index in [4.69, 9.17) is 0 Å². The van der Waals surface area contributed by atoms with Crippen LogP contribution in [-0.4, -0.2) is 49.1 Å². The Bertz CT molecular complexity index is 1620. The zero-order valence-electron chi connectivity index (χ0n) is 20.2. The van der Waals surface area contributed by atoms with E-state index in [-0.39, 0.29) is 23.3 Å². The zero-order valence-corrected chi connectivity index (χ0v) is 20.2. The van der Waals surface area contributed by atoms with Gasteiger partial charge in [0.05, 0.1) is 22.1 Å². The van der Waals surface area contributed by atoms with Crippen molar-refractivity contribution in [2.75, 3.05) is 13.1 Å². The molecule has 0 bridgehead atoms. The maximum atomic E-state index is 13.3. The van der Waals surface area contributed by atoms with Gasteiger partial charge >= 0.3 is 0 Å². The summed E-state index contributed by atoms with van der Waals surface area (Å²) in [5, 5.41) is 8.37. The second kappa shape index (κ2) is 8.92. The van der Waals surface area contributed by atoms with Crippen LogP contribution >= 0.6 is 0 Å². The highest BCUT2D eigenvalue weighted by atomic mass is 16.2. The van der Waals surface area contributed by atoms with Gasteiger partial charge in [-0.15, -0.1) is 0 Å². The van der Waals surface area contributed by atoms with E-state index in [9.17, 15) is 14.4 Å². The second-order valence-electron chi connectivity index (χ2n) is 9.12. The number of amides is 2. The molecule has 2 aromatic carbocycles. The fourth-order valence-electron chi connectivity index (χ4n) is 4.14. The molecule has 0 spiro atoms. The van der Waals surface area contributed by atoms with Gasteiger partial charge in [-0.05, 0) is 44.0 Å². The summed E-state index contributed by atoms with van der Waals surface area (Å²) < 4.78 is 3.00. The van der Waals surface area contributed by atoms with Crippen LogP contribution in [0.3, 0.4) is 0 Å². The van der Waals surface area contributed by atoms with Gasteiger partial charge in [-0.2, -0.15) is 5.10 Å². The van der Waals surface area contributed by atoms with Crippen LogP contribution in [-0.2, 0) is 9.59 Å². The lowest BCUT2D eigenvalue weighted by atomic mass is 10.0. The van der Waals surface area contributed by atoms with Gasteiger partial charge in [0.1, 0.15) is 12.0 Å². The van der Waals surface area contributed by atoms with Crippen LogP contribution in [0.2, 0.25) is 0 Å². The Morgan fingerprint density at radius 3 is 2.58 bits per heavy atom. The number of aromatic nitrogens is 4. The lowest BCUT2D eigenvalue weighted by Gasteiger charge is -2.31.